The molecule has 1 aromatic carbocycles. The number of aromatic nitrogens is 2. The van der Waals surface area contributed by atoms with Crippen molar-refractivity contribution in [2.45, 2.75) is 20.3 Å². The summed E-state index contributed by atoms with van der Waals surface area (Å²) >= 11 is 1.65. The number of ether oxygens (including phenoxy) is 1. The first-order chi connectivity index (χ1) is 9.69. The molecule has 0 atom stereocenters. The van der Waals surface area contributed by atoms with Crippen molar-refractivity contribution in [1.29, 1.82) is 0 Å². The van der Waals surface area contributed by atoms with Crippen LogP contribution >= 0.6 is 11.3 Å². The van der Waals surface area contributed by atoms with E-state index in [1.807, 2.05) is 24.3 Å². The van der Waals surface area contributed by atoms with Gasteiger partial charge in [0.25, 0.3) is 0 Å². The molecular weight excluding hydrogens is 270 g/mol. The highest BCUT2D eigenvalue weighted by atomic mass is 32.1. The quantitative estimate of drug-likeness (QED) is 0.797. The molecule has 0 unspecified atom stereocenters. The Hall–Kier alpha value is -1.46. The van der Waals surface area contributed by atoms with Crippen LogP contribution in [0.25, 0.3) is 10.6 Å². The lowest BCUT2D eigenvalue weighted by Crippen LogP contribution is -2.22. The highest BCUT2D eigenvalue weighted by molar-refractivity contribution is 7.14. The van der Waals surface area contributed by atoms with E-state index in [0.717, 1.165) is 40.8 Å². The maximum absolute atomic E-state index is 5.23. The van der Waals surface area contributed by atoms with Gasteiger partial charge >= 0.3 is 0 Å². The normalized spacial score (nSPS) is 11.0. The van der Waals surface area contributed by atoms with Gasteiger partial charge in [-0.25, -0.2) is 0 Å². The maximum Gasteiger partial charge on any atom is 0.147 e. The number of hydrogen-bond acceptors (Lipinski definition) is 5. The van der Waals surface area contributed by atoms with E-state index in [-0.39, 0.29) is 0 Å². The molecule has 1 heterocycles. The first-order valence-electron chi connectivity index (χ1n) is 6.86. The molecule has 5 heteroatoms. The smallest absolute Gasteiger partial charge is 0.147 e. The highest BCUT2D eigenvalue weighted by Crippen LogP contribution is 2.26. The molecule has 1 aromatic heterocycles. The molecule has 0 aliphatic rings. The van der Waals surface area contributed by atoms with Crippen molar-refractivity contribution in [3.8, 4) is 16.3 Å². The second-order valence-corrected chi connectivity index (χ2v) is 6.14. The van der Waals surface area contributed by atoms with E-state index in [0.29, 0.717) is 5.92 Å². The third-order valence-corrected chi connectivity index (χ3v) is 3.88. The fourth-order valence-corrected chi connectivity index (χ4v) is 2.65. The third-order valence-electron chi connectivity index (χ3n) is 2.85. The Morgan fingerprint density at radius 3 is 2.90 bits per heavy atom. The van der Waals surface area contributed by atoms with Crippen LogP contribution in [0.4, 0.5) is 0 Å². The van der Waals surface area contributed by atoms with Crippen LogP contribution in [0, 0.1) is 5.92 Å². The molecule has 0 fully saturated rings. The first kappa shape index (κ1) is 14.9. The summed E-state index contributed by atoms with van der Waals surface area (Å²) in [5, 5.41) is 13.9. The van der Waals surface area contributed by atoms with Crippen LogP contribution in [0.1, 0.15) is 18.9 Å². The van der Waals surface area contributed by atoms with E-state index in [2.05, 4.69) is 29.4 Å². The molecule has 0 aliphatic heterocycles. The van der Waals surface area contributed by atoms with E-state index >= 15 is 0 Å². The van der Waals surface area contributed by atoms with Crippen molar-refractivity contribution in [2.75, 3.05) is 20.2 Å². The lowest BCUT2D eigenvalue weighted by molar-refractivity contribution is 0.415. The van der Waals surface area contributed by atoms with E-state index < -0.39 is 0 Å². The van der Waals surface area contributed by atoms with Crippen molar-refractivity contribution in [1.82, 2.24) is 15.5 Å². The Bertz CT molecular complexity index is 539. The van der Waals surface area contributed by atoms with Gasteiger partial charge in [-0.05, 0) is 24.6 Å². The molecule has 0 bridgehead atoms. The van der Waals surface area contributed by atoms with Gasteiger partial charge in [-0.3, -0.25) is 0 Å². The molecule has 0 saturated carbocycles. The van der Waals surface area contributed by atoms with Crippen LogP contribution in [0.5, 0.6) is 5.75 Å². The molecule has 108 valence electrons. The summed E-state index contributed by atoms with van der Waals surface area (Å²) in [6.45, 7) is 6.41. The fourth-order valence-electron chi connectivity index (χ4n) is 1.81. The predicted octanol–water partition coefficient (Wildman–Crippen LogP) is 3.00. The zero-order valence-corrected chi connectivity index (χ0v) is 13.0. The lowest BCUT2D eigenvalue weighted by Gasteiger charge is -2.05. The number of hydrogen-bond donors (Lipinski definition) is 1. The Kier molecular flexibility index (Phi) is 5.49. The molecule has 1 N–H and O–H groups in total. The zero-order valence-electron chi connectivity index (χ0n) is 12.2. The molecular formula is C15H21N3OS. The summed E-state index contributed by atoms with van der Waals surface area (Å²) in [6.07, 6.45) is 0.925. The van der Waals surface area contributed by atoms with Gasteiger partial charge < -0.3 is 10.1 Å². The topological polar surface area (TPSA) is 47.0 Å². The maximum atomic E-state index is 5.23. The number of methoxy groups -OCH3 is 1. The Morgan fingerprint density at radius 2 is 2.15 bits per heavy atom. The Morgan fingerprint density at radius 1 is 1.30 bits per heavy atom. The summed E-state index contributed by atoms with van der Waals surface area (Å²) in [4.78, 5) is 0. The summed E-state index contributed by atoms with van der Waals surface area (Å²) < 4.78 is 5.23. The van der Waals surface area contributed by atoms with Gasteiger partial charge in [0.05, 0.1) is 7.11 Å². The third kappa shape index (κ3) is 4.28. The van der Waals surface area contributed by atoms with Crippen LogP contribution in [-0.2, 0) is 6.42 Å². The van der Waals surface area contributed by atoms with Crippen molar-refractivity contribution < 1.29 is 4.74 Å². The minimum absolute atomic E-state index is 0.678. The van der Waals surface area contributed by atoms with E-state index in [9.17, 15) is 0 Å². The molecule has 2 aromatic rings. The van der Waals surface area contributed by atoms with Gasteiger partial charge in [0.2, 0.25) is 0 Å². The number of nitrogens with zero attached hydrogens (tertiary/aromatic N) is 2. The number of benzene rings is 1. The minimum atomic E-state index is 0.678. The largest absolute Gasteiger partial charge is 0.497 e. The van der Waals surface area contributed by atoms with Crippen molar-refractivity contribution in [3.05, 3.63) is 29.3 Å². The molecule has 0 saturated heterocycles. The van der Waals surface area contributed by atoms with Crippen LogP contribution < -0.4 is 10.1 Å². The lowest BCUT2D eigenvalue weighted by atomic mass is 10.2. The van der Waals surface area contributed by atoms with Gasteiger partial charge in [-0.1, -0.05) is 37.3 Å². The van der Waals surface area contributed by atoms with Crippen molar-refractivity contribution in [2.24, 2.45) is 5.92 Å². The SMILES string of the molecule is COc1cccc(-c2nnc(CCNCC(C)C)s2)c1. The first-order valence-corrected chi connectivity index (χ1v) is 7.68. The molecule has 2 rings (SSSR count). The van der Waals surface area contributed by atoms with Gasteiger partial charge in [0.1, 0.15) is 15.8 Å². The predicted molar refractivity (Wildman–Crippen MR) is 83.3 cm³/mol. The average Bonchev–Trinajstić information content (AvgIpc) is 2.92. The van der Waals surface area contributed by atoms with Crippen LogP contribution in [-0.4, -0.2) is 30.4 Å². The van der Waals surface area contributed by atoms with E-state index in [4.69, 9.17) is 4.74 Å². The average molecular weight is 291 g/mol. The highest BCUT2D eigenvalue weighted by Gasteiger charge is 2.07. The Labute approximate surface area is 124 Å². The van der Waals surface area contributed by atoms with E-state index in [1.54, 1.807) is 18.4 Å². The summed E-state index contributed by atoms with van der Waals surface area (Å²) in [6, 6.07) is 7.92. The molecule has 0 radical (unpaired) electrons. The van der Waals surface area contributed by atoms with Crippen LogP contribution in [0.15, 0.2) is 24.3 Å². The zero-order chi connectivity index (χ0) is 14.4. The van der Waals surface area contributed by atoms with Gasteiger partial charge in [-0.15, -0.1) is 10.2 Å². The standard InChI is InChI=1S/C15H21N3OS/c1-11(2)10-16-8-7-14-17-18-15(20-14)12-5-4-6-13(9-12)19-3/h4-6,9,11,16H,7-8,10H2,1-3H3. The molecule has 4 nitrogen and oxygen atoms in total. The van der Waals surface area contributed by atoms with Crippen molar-refractivity contribution in [3.63, 3.8) is 0 Å². The number of nitrogens with one attached hydrogen (secondary N) is 1. The molecule has 0 aliphatic carbocycles. The minimum Gasteiger partial charge on any atom is -0.497 e. The number of rotatable bonds is 7. The monoisotopic (exact) mass is 291 g/mol. The van der Waals surface area contributed by atoms with Gasteiger partial charge in [0, 0.05) is 18.5 Å². The van der Waals surface area contributed by atoms with Crippen molar-refractivity contribution >= 4 is 11.3 Å². The molecule has 0 amide bonds. The van der Waals surface area contributed by atoms with Crippen LogP contribution in [0.3, 0.4) is 0 Å². The Balaban J connectivity index is 1.94. The summed E-state index contributed by atoms with van der Waals surface area (Å²) in [5.74, 6) is 1.52. The summed E-state index contributed by atoms with van der Waals surface area (Å²) in [5.41, 5.74) is 1.06. The molecule has 20 heavy (non-hydrogen) atoms. The second kappa shape index (κ2) is 7.36. The second-order valence-electron chi connectivity index (χ2n) is 5.08. The van der Waals surface area contributed by atoms with Gasteiger partial charge in [-0.2, -0.15) is 0 Å². The van der Waals surface area contributed by atoms with Crippen LogP contribution in [0.2, 0.25) is 0 Å². The van der Waals surface area contributed by atoms with Gasteiger partial charge in [0.15, 0.2) is 0 Å². The molecule has 0 spiro atoms. The van der Waals surface area contributed by atoms with E-state index in [1.165, 1.54) is 0 Å². The fraction of sp³-hybridized carbons (Fsp3) is 0.467. The summed E-state index contributed by atoms with van der Waals surface area (Å²) in [7, 11) is 1.67.